The smallest absolute Gasteiger partial charge is 0.264 e. The number of carbonyl (C=O) groups is 2. The Morgan fingerprint density at radius 2 is 1.58 bits per heavy atom. The van der Waals surface area contributed by atoms with Crippen LogP contribution in [-0.4, -0.2) is 50.9 Å². The van der Waals surface area contributed by atoms with Gasteiger partial charge in [0.05, 0.1) is 17.7 Å². The third-order valence-corrected chi connectivity index (χ3v) is 10.2. The van der Waals surface area contributed by atoms with Crippen molar-refractivity contribution in [2.45, 2.75) is 69.5 Å². The fraction of sp³-hybridized carbons (Fsp3) is 0.375. The van der Waals surface area contributed by atoms with Crippen LogP contribution in [0.2, 0.25) is 10.0 Å². The van der Waals surface area contributed by atoms with Gasteiger partial charge in [0, 0.05) is 28.2 Å². The number of sulfonamides is 1. The van der Waals surface area contributed by atoms with Gasteiger partial charge in [0.25, 0.3) is 10.0 Å². The van der Waals surface area contributed by atoms with Crippen LogP contribution < -0.4 is 14.4 Å². The number of hydrogen-bond acceptors (Lipinski definition) is 5. The lowest BCUT2D eigenvalue weighted by Crippen LogP contribution is -2.53. The van der Waals surface area contributed by atoms with E-state index in [0.29, 0.717) is 27.8 Å². The number of carbonyl (C=O) groups excluding carboxylic acids is 2. The molecule has 3 aromatic rings. The number of hydrogen-bond donors (Lipinski definition) is 1. The fourth-order valence-electron chi connectivity index (χ4n) is 5.26. The lowest BCUT2D eigenvalue weighted by Gasteiger charge is -2.34. The minimum absolute atomic E-state index is 0.0356. The maximum absolute atomic E-state index is 14.3. The first-order valence-electron chi connectivity index (χ1n) is 14.3. The first-order valence-corrected chi connectivity index (χ1v) is 16.5. The van der Waals surface area contributed by atoms with Crippen LogP contribution in [0.1, 0.15) is 50.2 Å². The minimum Gasteiger partial charge on any atom is -0.497 e. The van der Waals surface area contributed by atoms with Crippen molar-refractivity contribution in [2.75, 3.05) is 18.0 Å². The Kier molecular flexibility index (Phi) is 11.0. The molecule has 0 spiro atoms. The summed E-state index contributed by atoms with van der Waals surface area (Å²) in [5.41, 5.74) is 1.64. The molecule has 43 heavy (non-hydrogen) atoms. The van der Waals surface area contributed by atoms with Crippen molar-refractivity contribution in [2.24, 2.45) is 0 Å². The summed E-state index contributed by atoms with van der Waals surface area (Å²) < 4.78 is 34.4. The zero-order valence-electron chi connectivity index (χ0n) is 24.6. The van der Waals surface area contributed by atoms with Gasteiger partial charge in [0.15, 0.2) is 0 Å². The Hall–Kier alpha value is -3.27. The predicted molar refractivity (Wildman–Crippen MR) is 170 cm³/mol. The van der Waals surface area contributed by atoms with Gasteiger partial charge < -0.3 is 15.0 Å². The van der Waals surface area contributed by atoms with Crippen LogP contribution in [0.4, 0.5) is 5.69 Å². The highest BCUT2D eigenvalue weighted by Gasteiger charge is 2.35. The summed E-state index contributed by atoms with van der Waals surface area (Å²) in [6.45, 7) is 3.05. The standard InChI is InChI=1S/C32H37Cl2N3O5S/c1-4-30(32(39)35-23-8-5-6-9-23)36(20-27-28(33)10-7-11-29(27)34)31(38)21-37(24-14-16-25(42-3)17-15-24)43(40,41)26-18-12-22(2)13-19-26/h7,10-19,23,30H,4-6,8-9,20-21H2,1-3H3,(H,35,39)/t30-/m1/s1. The zero-order chi connectivity index (χ0) is 31.1. The Morgan fingerprint density at radius 1 is 0.977 bits per heavy atom. The van der Waals surface area contributed by atoms with Crippen LogP contribution >= 0.6 is 23.2 Å². The number of nitrogens with zero attached hydrogens (tertiary/aromatic N) is 2. The van der Waals surface area contributed by atoms with E-state index in [-0.39, 0.29) is 29.1 Å². The summed E-state index contributed by atoms with van der Waals surface area (Å²) in [7, 11) is -2.67. The molecule has 0 aromatic heterocycles. The number of ether oxygens (including phenoxy) is 1. The quantitative estimate of drug-likeness (QED) is 0.247. The van der Waals surface area contributed by atoms with Crippen LogP contribution in [-0.2, 0) is 26.2 Å². The molecular weight excluding hydrogens is 609 g/mol. The van der Waals surface area contributed by atoms with Gasteiger partial charge in [0.2, 0.25) is 11.8 Å². The van der Waals surface area contributed by atoms with E-state index in [0.717, 1.165) is 35.6 Å². The summed E-state index contributed by atoms with van der Waals surface area (Å²) in [5.74, 6) is -0.327. The molecule has 11 heteroatoms. The van der Waals surface area contributed by atoms with E-state index >= 15 is 0 Å². The van der Waals surface area contributed by atoms with E-state index in [9.17, 15) is 18.0 Å². The van der Waals surface area contributed by atoms with Gasteiger partial charge in [-0.1, -0.05) is 66.7 Å². The van der Waals surface area contributed by atoms with Crippen LogP contribution in [0.5, 0.6) is 5.75 Å². The minimum atomic E-state index is -4.19. The van der Waals surface area contributed by atoms with Gasteiger partial charge in [-0.15, -0.1) is 0 Å². The highest BCUT2D eigenvalue weighted by atomic mass is 35.5. The average Bonchev–Trinajstić information content (AvgIpc) is 3.50. The third kappa shape index (κ3) is 7.82. The summed E-state index contributed by atoms with van der Waals surface area (Å²) in [4.78, 5) is 29.3. The van der Waals surface area contributed by atoms with Gasteiger partial charge in [-0.05, 0) is 74.7 Å². The van der Waals surface area contributed by atoms with Gasteiger partial charge in [-0.3, -0.25) is 13.9 Å². The number of rotatable bonds is 12. The van der Waals surface area contributed by atoms with Crippen molar-refractivity contribution < 1.29 is 22.7 Å². The highest BCUT2D eigenvalue weighted by Crippen LogP contribution is 2.30. The molecule has 1 atom stereocenters. The van der Waals surface area contributed by atoms with Crippen molar-refractivity contribution in [3.8, 4) is 5.75 Å². The molecule has 1 aliphatic carbocycles. The molecule has 1 N–H and O–H groups in total. The van der Waals surface area contributed by atoms with Gasteiger partial charge >= 0.3 is 0 Å². The van der Waals surface area contributed by atoms with E-state index in [1.54, 1.807) is 54.6 Å². The van der Waals surface area contributed by atoms with E-state index in [1.165, 1.54) is 24.1 Å². The van der Waals surface area contributed by atoms with E-state index in [1.807, 2.05) is 13.8 Å². The number of aryl methyl sites for hydroxylation is 1. The molecule has 0 bridgehead atoms. The molecule has 0 saturated heterocycles. The summed E-state index contributed by atoms with van der Waals surface area (Å²) in [5, 5.41) is 3.78. The fourth-order valence-corrected chi connectivity index (χ4v) is 7.19. The average molecular weight is 647 g/mol. The van der Waals surface area contributed by atoms with Crippen LogP contribution in [0, 0.1) is 6.92 Å². The number of anilines is 1. The topological polar surface area (TPSA) is 96.0 Å². The molecule has 8 nitrogen and oxygen atoms in total. The van der Waals surface area contributed by atoms with Crippen LogP contribution in [0.15, 0.2) is 71.6 Å². The molecule has 1 aliphatic rings. The van der Waals surface area contributed by atoms with E-state index in [4.69, 9.17) is 27.9 Å². The normalized spacial score (nSPS) is 14.3. The van der Waals surface area contributed by atoms with E-state index < -0.39 is 28.5 Å². The number of methoxy groups -OCH3 is 1. The molecule has 1 saturated carbocycles. The maximum atomic E-state index is 14.3. The Bertz CT molecular complexity index is 1510. The monoisotopic (exact) mass is 645 g/mol. The number of amides is 2. The van der Waals surface area contributed by atoms with Crippen molar-refractivity contribution in [1.29, 1.82) is 0 Å². The van der Waals surface area contributed by atoms with Gasteiger partial charge in [0.1, 0.15) is 18.3 Å². The SMILES string of the molecule is CC[C@H](C(=O)NC1CCCC1)N(Cc1c(Cl)cccc1Cl)C(=O)CN(c1ccc(OC)cc1)S(=O)(=O)c1ccc(C)cc1. The summed E-state index contributed by atoms with van der Waals surface area (Å²) in [6.07, 6.45) is 4.14. The highest BCUT2D eigenvalue weighted by molar-refractivity contribution is 7.92. The number of halogens is 2. The largest absolute Gasteiger partial charge is 0.497 e. The Morgan fingerprint density at radius 3 is 2.14 bits per heavy atom. The summed E-state index contributed by atoms with van der Waals surface area (Å²) >= 11 is 13.0. The second-order valence-electron chi connectivity index (χ2n) is 10.7. The maximum Gasteiger partial charge on any atom is 0.264 e. The molecule has 0 heterocycles. The lowest BCUT2D eigenvalue weighted by molar-refractivity contribution is -0.140. The van der Waals surface area contributed by atoms with Crippen molar-refractivity contribution in [1.82, 2.24) is 10.2 Å². The van der Waals surface area contributed by atoms with Crippen molar-refractivity contribution >= 4 is 50.7 Å². The van der Waals surface area contributed by atoms with E-state index in [2.05, 4.69) is 5.32 Å². The Balaban J connectivity index is 1.75. The molecule has 0 unspecified atom stereocenters. The summed E-state index contributed by atoms with van der Waals surface area (Å²) in [6, 6.07) is 17.0. The zero-order valence-corrected chi connectivity index (χ0v) is 26.9. The molecule has 0 aliphatic heterocycles. The van der Waals surface area contributed by atoms with Crippen molar-refractivity contribution in [3.05, 3.63) is 87.9 Å². The van der Waals surface area contributed by atoms with Crippen LogP contribution in [0.25, 0.3) is 0 Å². The molecule has 1 fully saturated rings. The predicted octanol–water partition coefficient (Wildman–Crippen LogP) is 6.37. The Labute approximate surface area is 264 Å². The van der Waals surface area contributed by atoms with Crippen LogP contribution in [0.3, 0.4) is 0 Å². The molecule has 2 amide bonds. The number of nitrogens with one attached hydrogen (secondary N) is 1. The first kappa shape index (κ1) is 32.6. The first-order chi connectivity index (χ1) is 20.5. The van der Waals surface area contributed by atoms with Crippen molar-refractivity contribution in [3.63, 3.8) is 0 Å². The number of benzene rings is 3. The third-order valence-electron chi connectivity index (χ3n) is 7.73. The lowest BCUT2D eigenvalue weighted by atomic mass is 10.1. The molecule has 230 valence electrons. The van der Waals surface area contributed by atoms with Gasteiger partial charge in [-0.25, -0.2) is 8.42 Å². The van der Waals surface area contributed by atoms with Gasteiger partial charge in [-0.2, -0.15) is 0 Å². The molecular formula is C32H37Cl2N3O5S. The molecule has 4 rings (SSSR count). The molecule has 3 aromatic carbocycles. The second-order valence-corrected chi connectivity index (χ2v) is 13.3. The molecule has 0 radical (unpaired) electrons. The second kappa shape index (κ2) is 14.5.